The Hall–Kier alpha value is -2.88. The minimum absolute atomic E-state index is 0.312. The standard InChI is InChI=1S/C22H20O4/c1-11-9-10-12(2)16-15(11)17-13-7-5-6-8-14(13)18(16)20(22(24)26-4)19(17)21(23)25-3/h5-10,17-18H,1-4H3. The fourth-order valence-corrected chi connectivity index (χ4v) is 4.55. The van der Waals surface area contributed by atoms with Crippen LogP contribution in [0, 0.1) is 13.8 Å². The first-order valence-corrected chi connectivity index (χ1v) is 8.60. The van der Waals surface area contributed by atoms with Crippen LogP contribution in [0.5, 0.6) is 0 Å². The molecule has 2 aromatic rings. The molecule has 3 aliphatic carbocycles. The second-order valence-electron chi connectivity index (χ2n) is 6.83. The summed E-state index contributed by atoms with van der Waals surface area (Å²) in [5, 5.41) is 0. The maximum Gasteiger partial charge on any atom is 0.335 e. The largest absolute Gasteiger partial charge is 0.466 e. The van der Waals surface area contributed by atoms with Crippen molar-refractivity contribution in [2.24, 2.45) is 0 Å². The molecule has 2 bridgehead atoms. The molecular weight excluding hydrogens is 328 g/mol. The minimum Gasteiger partial charge on any atom is -0.466 e. The third kappa shape index (κ3) is 2.02. The van der Waals surface area contributed by atoms with Gasteiger partial charge in [0.1, 0.15) is 0 Å². The Labute approximate surface area is 152 Å². The van der Waals surface area contributed by atoms with Crippen molar-refractivity contribution in [1.29, 1.82) is 0 Å². The summed E-state index contributed by atoms with van der Waals surface area (Å²) >= 11 is 0. The van der Waals surface area contributed by atoms with Gasteiger partial charge in [-0.3, -0.25) is 0 Å². The van der Waals surface area contributed by atoms with Crippen molar-refractivity contribution in [2.45, 2.75) is 25.7 Å². The minimum atomic E-state index is -0.471. The van der Waals surface area contributed by atoms with Crippen molar-refractivity contribution in [2.75, 3.05) is 14.2 Å². The lowest BCUT2D eigenvalue weighted by Crippen LogP contribution is -2.36. The van der Waals surface area contributed by atoms with Crippen molar-refractivity contribution < 1.29 is 19.1 Å². The Morgan fingerprint density at radius 2 is 1.12 bits per heavy atom. The molecule has 5 rings (SSSR count). The van der Waals surface area contributed by atoms with Gasteiger partial charge in [0.2, 0.25) is 0 Å². The molecule has 0 N–H and O–H groups in total. The van der Waals surface area contributed by atoms with E-state index >= 15 is 0 Å². The van der Waals surface area contributed by atoms with Crippen LogP contribution in [0.25, 0.3) is 0 Å². The molecule has 0 saturated carbocycles. The Kier molecular flexibility index (Phi) is 3.72. The van der Waals surface area contributed by atoms with E-state index in [1.54, 1.807) is 0 Å². The number of carbonyl (C=O) groups excluding carboxylic acids is 2. The zero-order valence-electron chi connectivity index (χ0n) is 15.3. The van der Waals surface area contributed by atoms with Crippen LogP contribution in [0.15, 0.2) is 47.5 Å². The fourth-order valence-electron chi connectivity index (χ4n) is 4.55. The number of esters is 2. The van der Waals surface area contributed by atoms with Crippen LogP contribution in [-0.2, 0) is 19.1 Å². The molecule has 0 aromatic heterocycles. The third-order valence-corrected chi connectivity index (χ3v) is 5.60. The van der Waals surface area contributed by atoms with E-state index < -0.39 is 11.9 Å². The average Bonchev–Trinajstić information content (AvgIpc) is 2.68. The van der Waals surface area contributed by atoms with Crippen molar-refractivity contribution in [3.05, 3.63) is 80.9 Å². The highest BCUT2D eigenvalue weighted by molar-refractivity contribution is 6.06. The van der Waals surface area contributed by atoms with Crippen molar-refractivity contribution in [3.63, 3.8) is 0 Å². The summed E-state index contributed by atoms with van der Waals surface area (Å²) in [7, 11) is 2.70. The summed E-state index contributed by atoms with van der Waals surface area (Å²) in [6.45, 7) is 4.10. The molecule has 132 valence electrons. The molecule has 26 heavy (non-hydrogen) atoms. The summed E-state index contributed by atoms with van der Waals surface area (Å²) in [6.07, 6.45) is 0. The van der Waals surface area contributed by atoms with Crippen LogP contribution in [0.2, 0.25) is 0 Å². The molecule has 0 saturated heterocycles. The van der Waals surface area contributed by atoms with Gasteiger partial charge in [0.15, 0.2) is 0 Å². The van der Waals surface area contributed by atoms with Gasteiger partial charge in [-0.05, 0) is 47.2 Å². The van der Waals surface area contributed by atoms with Gasteiger partial charge in [0.05, 0.1) is 25.4 Å². The molecule has 2 unspecified atom stereocenters. The molecule has 4 nitrogen and oxygen atoms in total. The van der Waals surface area contributed by atoms with Crippen LogP contribution in [0.4, 0.5) is 0 Å². The SMILES string of the molecule is COC(=O)C1=C(C(=O)OC)C2c3ccccc3C1c1c(C)ccc(C)c12. The molecule has 0 amide bonds. The quantitative estimate of drug-likeness (QED) is 0.779. The first-order valence-electron chi connectivity index (χ1n) is 8.60. The van der Waals surface area contributed by atoms with Gasteiger partial charge in [0.25, 0.3) is 0 Å². The number of ether oxygens (including phenoxy) is 2. The normalized spacial score (nSPS) is 19.7. The zero-order chi connectivity index (χ0) is 18.6. The second kappa shape index (κ2) is 5.84. The van der Waals surface area contributed by atoms with Gasteiger partial charge >= 0.3 is 11.9 Å². The Balaban J connectivity index is 2.14. The topological polar surface area (TPSA) is 52.6 Å². The van der Waals surface area contributed by atoms with Crippen LogP contribution in [0.1, 0.15) is 45.2 Å². The van der Waals surface area contributed by atoms with Gasteiger partial charge in [-0.1, -0.05) is 36.4 Å². The van der Waals surface area contributed by atoms with E-state index in [-0.39, 0.29) is 11.8 Å². The molecule has 2 atom stereocenters. The van der Waals surface area contributed by atoms with E-state index in [1.807, 2.05) is 38.1 Å². The van der Waals surface area contributed by atoms with E-state index in [4.69, 9.17) is 9.47 Å². The Morgan fingerprint density at radius 1 is 0.731 bits per heavy atom. The maximum atomic E-state index is 12.7. The predicted molar refractivity (Wildman–Crippen MR) is 97.1 cm³/mol. The summed E-state index contributed by atoms with van der Waals surface area (Å²) in [6, 6.07) is 12.2. The lowest BCUT2D eigenvalue weighted by Gasteiger charge is -2.43. The van der Waals surface area contributed by atoms with Crippen LogP contribution < -0.4 is 0 Å². The fraction of sp³-hybridized carbons (Fsp3) is 0.273. The van der Waals surface area contributed by atoms with Crippen molar-refractivity contribution in [1.82, 2.24) is 0 Å². The molecular formula is C22H20O4. The smallest absolute Gasteiger partial charge is 0.335 e. The van der Waals surface area contributed by atoms with Crippen LogP contribution in [0.3, 0.4) is 0 Å². The van der Waals surface area contributed by atoms with Crippen LogP contribution in [-0.4, -0.2) is 26.2 Å². The number of rotatable bonds is 2. The zero-order valence-corrected chi connectivity index (χ0v) is 15.3. The van der Waals surface area contributed by atoms with Gasteiger partial charge in [-0.25, -0.2) is 9.59 Å². The Morgan fingerprint density at radius 3 is 1.46 bits per heavy atom. The molecule has 0 aliphatic heterocycles. The highest BCUT2D eigenvalue weighted by Gasteiger charge is 2.49. The Bertz CT molecular complexity index is 906. The molecule has 0 spiro atoms. The molecule has 3 aliphatic rings. The first kappa shape index (κ1) is 16.6. The number of aryl methyl sites for hydroxylation is 2. The third-order valence-electron chi connectivity index (χ3n) is 5.60. The molecule has 0 heterocycles. The van der Waals surface area contributed by atoms with E-state index in [1.165, 1.54) is 14.2 Å². The summed E-state index contributed by atoms with van der Waals surface area (Å²) in [5.41, 5.74) is 7.39. The van der Waals surface area contributed by atoms with E-state index in [2.05, 4.69) is 12.1 Å². The molecule has 2 aromatic carbocycles. The number of hydrogen-bond donors (Lipinski definition) is 0. The predicted octanol–water partition coefficient (Wildman–Crippen LogP) is 3.54. The summed E-state index contributed by atoms with van der Waals surface area (Å²) in [5.74, 6) is -1.57. The van der Waals surface area contributed by atoms with Crippen molar-refractivity contribution >= 4 is 11.9 Å². The van der Waals surface area contributed by atoms with E-state index in [9.17, 15) is 9.59 Å². The lowest BCUT2D eigenvalue weighted by atomic mass is 9.59. The van der Waals surface area contributed by atoms with Crippen LogP contribution >= 0.6 is 0 Å². The molecule has 0 fully saturated rings. The van der Waals surface area contributed by atoms with E-state index in [0.717, 1.165) is 33.4 Å². The first-order chi connectivity index (χ1) is 12.5. The monoisotopic (exact) mass is 348 g/mol. The number of carbonyl (C=O) groups is 2. The van der Waals surface area contributed by atoms with Gasteiger partial charge in [0, 0.05) is 11.8 Å². The van der Waals surface area contributed by atoms with Crippen molar-refractivity contribution in [3.8, 4) is 0 Å². The van der Waals surface area contributed by atoms with Gasteiger partial charge < -0.3 is 9.47 Å². The second-order valence-corrected chi connectivity index (χ2v) is 6.83. The molecule has 4 heteroatoms. The highest BCUT2D eigenvalue weighted by atomic mass is 16.5. The number of benzene rings is 2. The van der Waals surface area contributed by atoms with E-state index in [0.29, 0.717) is 11.1 Å². The lowest BCUT2D eigenvalue weighted by molar-refractivity contribution is -0.140. The van der Waals surface area contributed by atoms with Gasteiger partial charge in [-0.15, -0.1) is 0 Å². The number of hydrogen-bond acceptors (Lipinski definition) is 4. The summed E-state index contributed by atoms with van der Waals surface area (Å²) in [4.78, 5) is 25.4. The highest BCUT2D eigenvalue weighted by Crippen LogP contribution is 2.57. The molecule has 0 radical (unpaired) electrons. The summed E-state index contributed by atoms with van der Waals surface area (Å²) < 4.78 is 10.1. The van der Waals surface area contributed by atoms with Gasteiger partial charge in [-0.2, -0.15) is 0 Å². The average molecular weight is 348 g/mol. The maximum absolute atomic E-state index is 12.7. The number of methoxy groups -OCH3 is 2.